The van der Waals surface area contributed by atoms with Gasteiger partial charge in [0.1, 0.15) is 11.3 Å². The van der Waals surface area contributed by atoms with Crippen molar-refractivity contribution in [3.63, 3.8) is 0 Å². The van der Waals surface area contributed by atoms with E-state index >= 15 is 0 Å². The normalized spacial score (nSPS) is 11.1. The van der Waals surface area contributed by atoms with Crippen molar-refractivity contribution in [2.24, 2.45) is 0 Å². The fraction of sp³-hybridized carbons (Fsp3) is 0. The summed E-state index contributed by atoms with van der Waals surface area (Å²) in [7, 11) is 0. The minimum absolute atomic E-state index is 0.564. The lowest BCUT2D eigenvalue weighted by Gasteiger charge is -2.08. The number of fused-ring (bicyclic) bond motifs is 1. The minimum atomic E-state index is 0.564. The predicted molar refractivity (Wildman–Crippen MR) is 122 cm³/mol. The Labute approximate surface area is 183 Å². The highest BCUT2D eigenvalue weighted by Gasteiger charge is 2.16. The fourth-order valence-corrected chi connectivity index (χ4v) is 3.71. The zero-order chi connectivity index (χ0) is 21.3. The third-order valence-electron chi connectivity index (χ3n) is 5.24. The van der Waals surface area contributed by atoms with Gasteiger partial charge in [-0.1, -0.05) is 6.07 Å². The Hall–Kier alpha value is -4.65. The van der Waals surface area contributed by atoms with E-state index in [0.29, 0.717) is 11.6 Å². The van der Waals surface area contributed by atoms with Crippen LogP contribution in [-0.4, -0.2) is 34.3 Å². The number of rotatable bonds is 4. The summed E-state index contributed by atoms with van der Waals surface area (Å²) in [4.78, 5) is 17.9. The molecule has 0 aliphatic carbocycles. The van der Waals surface area contributed by atoms with Crippen LogP contribution in [0.1, 0.15) is 0 Å². The molecule has 5 heterocycles. The molecule has 0 saturated carbocycles. The van der Waals surface area contributed by atoms with Crippen LogP contribution < -0.4 is 0 Å². The Morgan fingerprint density at radius 1 is 0.688 bits per heavy atom. The zero-order valence-electron chi connectivity index (χ0n) is 16.9. The van der Waals surface area contributed by atoms with Crippen LogP contribution in [0.2, 0.25) is 0 Å². The topological polar surface area (TPSA) is 74.3 Å². The summed E-state index contributed by atoms with van der Waals surface area (Å²) in [6, 6.07) is 23.8. The molecule has 7 nitrogen and oxygen atoms in total. The van der Waals surface area contributed by atoms with Gasteiger partial charge in [0.25, 0.3) is 0 Å². The highest BCUT2D eigenvalue weighted by Crippen LogP contribution is 2.25. The standard InChI is InChI=1S/C25H17N7/c1-2-14-27-22(7-1)23-29-25(19-6-3-13-26-17-19)32(30-23)21-10-8-20(9-11-21)31-16-12-18-5-4-15-28-24(18)31/h1-17H. The van der Waals surface area contributed by atoms with E-state index in [1.165, 1.54) is 0 Å². The molecular formula is C25H17N7. The monoisotopic (exact) mass is 415 g/mol. The Bertz CT molecular complexity index is 1500. The Morgan fingerprint density at radius 3 is 2.34 bits per heavy atom. The van der Waals surface area contributed by atoms with Crippen LogP contribution in [0.4, 0.5) is 0 Å². The maximum Gasteiger partial charge on any atom is 0.200 e. The van der Waals surface area contributed by atoms with Crippen molar-refractivity contribution >= 4 is 11.0 Å². The van der Waals surface area contributed by atoms with Gasteiger partial charge >= 0.3 is 0 Å². The molecule has 0 amide bonds. The molecule has 152 valence electrons. The summed E-state index contributed by atoms with van der Waals surface area (Å²) in [5.74, 6) is 1.27. The number of hydrogen-bond acceptors (Lipinski definition) is 5. The molecule has 0 saturated heterocycles. The Balaban J connectivity index is 1.45. The molecule has 0 atom stereocenters. The second-order valence-corrected chi connectivity index (χ2v) is 7.25. The molecule has 0 fully saturated rings. The van der Waals surface area contributed by atoms with Crippen LogP contribution in [0.3, 0.4) is 0 Å². The van der Waals surface area contributed by atoms with Crippen molar-refractivity contribution in [1.82, 2.24) is 34.3 Å². The molecule has 7 heteroatoms. The maximum atomic E-state index is 4.77. The number of nitrogens with zero attached hydrogens (tertiary/aromatic N) is 7. The fourth-order valence-electron chi connectivity index (χ4n) is 3.71. The van der Waals surface area contributed by atoms with Crippen LogP contribution >= 0.6 is 0 Å². The van der Waals surface area contributed by atoms with Gasteiger partial charge in [0, 0.05) is 47.6 Å². The summed E-state index contributed by atoms with van der Waals surface area (Å²) < 4.78 is 3.90. The maximum absolute atomic E-state index is 4.77. The Morgan fingerprint density at radius 2 is 1.53 bits per heavy atom. The van der Waals surface area contributed by atoms with Gasteiger partial charge in [-0.3, -0.25) is 9.97 Å². The summed E-state index contributed by atoms with van der Waals surface area (Å²) in [5.41, 5.74) is 4.45. The minimum Gasteiger partial charge on any atom is -0.301 e. The Kier molecular flexibility index (Phi) is 4.28. The highest BCUT2D eigenvalue weighted by molar-refractivity contribution is 5.78. The van der Waals surface area contributed by atoms with Crippen molar-refractivity contribution in [3.8, 4) is 34.3 Å². The molecule has 5 aromatic heterocycles. The smallest absolute Gasteiger partial charge is 0.200 e. The van der Waals surface area contributed by atoms with Gasteiger partial charge < -0.3 is 4.57 Å². The second kappa shape index (κ2) is 7.55. The highest BCUT2D eigenvalue weighted by atomic mass is 15.4. The first-order chi connectivity index (χ1) is 15.9. The van der Waals surface area contributed by atoms with Gasteiger partial charge in [0.05, 0.1) is 5.69 Å². The van der Waals surface area contributed by atoms with Crippen LogP contribution in [-0.2, 0) is 0 Å². The quantitative estimate of drug-likeness (QED) is 0.416. The van der Waals surface area contributed by atoms with Crippen molar-refractivity contribution in [2.75, 3.05) is 0 Å². The lowest BCUT2D eigenvalue weighted by atomic mass is 10.2. The second-order valence-electron chi connectivity index (χ2n) is 7.25. The number of benzene rings is 1. The lowest BCUT2D eigenvalue weighted by molar-refractivity contribution is 0.887. The van der Waals surface area contributed by atoms with E-state index in [1.54, 1.807) is 18.6 Å². The first kappa shape index (κ1) is 18.1. The largest absolute Gasteiger partial charge is 0.301 e. The molecule has 0 N–H and O–H groups in total. The number of pyridine rings is 3. The molecule has 0 spiro atoms. The third kappa shape index (κ3) is 3.13. The average molecular weight is 415 g/mol. The zero-order valence-corrected chi connectivity index (χ0v) is 16.9. The SMILES string of the molecule is c1ccc(-c2nc(-c3cccnc3)n(-c3ccc(-n4ccc5cccnc54)cc3)n2)nc1. The van der Waals surface area contributed by atoms with E-state index in [1.807, 2.05) is 65.6 Å². The molecule has 0 bridgehead atoms. The molecule has 6 rings (SSSR count). The van der Waals surface area contributed by atoms with E-state index < -0.39 is 0 Å². The molecule has 0 radical (unpaired) electrons. The van der Waals surface area contributed by atoms with Crippen molar-refractivity contribution in [3.05, 3.63) is 104 Å². The van der Waals surface area contributed by atoms with Crippen molar-refractivity contribution in [2.45, 2.75) is 0 Å². The van der Waals surface area contributed by atoms with Crippen LogP contribution in [0.5, 0.6) is 0 Å². The summed E-state index contributed by atoms with van der Waals surface area (Å²) in [5, 5.41) is 5.87. The molecule has 6 aromatic rings. The van der Waals surface area contributed by atoms with E-state index in [0.717, 1.165) is 33.7 Å². The lowest BCUT2D eigenvalue weighted by Crippen LogP contribution is -2.01. The summed E-state index contributed by atoms with van der Waals surface area (Å²) >= 11 is 0. The molecular weight excluding hydrogens is 398 g/mol. The first-order valence-electron chi connectivity index (χ1n) is 10.2. The van der Waals surface area contributed by atoms with Gasteiger partial charge in [-0.2, -0.15) is 0 Å². The summed E-state index contributed by atoms with van der Waals surface area (Å²) in [6.45, 7) is 0. The average Bonchev–Trinajstić information content (AvgIpc) is 3.51. The van der Waals surface area contributed by atoms with Crippen molar-refractivity contribution in [1.29, 1.82) is 0 Å². The van der Waals surface area contributed by atoms with E-state index in [9.17, 15) is 0 Å². The third-order valence-corrected chi connectivity index (χ3v) is 5.24. The van der Waals surface area contributed by atoms with Gasteiger partial charge in [-0.05, 0) is 66.7 Å². The molecule has 1 aromatic carbocycles. The van der Waals surface area contributed by atoms with Crippen LogP contribution in [0.15, 0.2) is 104 Å². The molecule has 0 unspecified atom stereocenters. The van der Waals surface area contributed by atoms with Gasteiger partial charge in [0.15, 0.2) is 5.82 Å². The van der Waals surface area contributed by atoms with Crippen LogP contribution in [0, 0.1) is 0 Å². The molecule has 0 aliphatic heterocycles. The predicted octanol–water partition coefficient (Wildman–Crippen LogP) is 4.73. The van der Waals surface area contributed by atoms with Crippen molar-refractivity contribution < 1.29 is 0 Å². The van der Waals surface area contributed by atoms with E-state index in [-0.39, 0.29) is 0 Å². The van der Waals surface area contributed by atoms with Gasteiger partial charge in [-0.15, -0.1) is 5.10 Å². The van der Waals surface area contributed by atoms with E-state index in [4.69, 9.17) is 10.1 Å². The number of aromatic nitrogens is 7. The first-order valence-corrected chi connectivity index (χ1v) is 10.2. The van der Waals surface area contributed by atoms with Gasteiger partial charge in [0.2, 0.25) is 5.82 Å². The van der Waals surface area contributed by atoms with E-state index in [2.05, 4.69) is 43.8 Å². The molecule has 32 heavy (non-hydrogen) atoms. The summed E-state index contributed by atoms with van der Waals surface area (Å²) in [6.07, 6.45) is 9.11. The van der Waals surface area contributed by atoms with Crippen LogP contribution in [0.25, 0.3) is 45.3 Å². The molecule has 0 aliphatic rings. The number of hydrogen-bond donors (Lipinski definition) is 0. The van der Waals surface area contributed by atoms with Gasteiger partial charge in [-0.25, -0.2) is 14.6 Å².